The topological polar surface area (TPSA) is 72.8 Å². The first-order valence-electron chi connectivity index (χ1n) is 12.7. The first kappa shape index (κ1) is 24.8. The number of aromatic hydroxyl groups is 1. The monoisotopic (exact) mass is 468 g/mol. The number of hydrogen-bond donors (Lipinski definition) is 1. The minimum Gasteiger partial charge on any atom is -0.504 e. The van der Waals surface area contributed by atoms with Crippen LogP contribution in [0.25, 0.3) is 6.08 Å². The van der Waals surface area contributed by atoms with Gasteiger partial charge in [0, 0.05) is 12.0 Å². The van der Waals surface area contributed by atoms with E-state index in [9.17, 15) is 14.7 Å². The number of carbonyl (C=O) groups is 2. The highest BCUT2D eigenvalue weighted by Crippen LogP contribution is 2.73. The van der Waals surface area contributed by atoms with Gasteiger partial charge in [-0.25, -0.2) is 4.79 Å². The Kier molecular flexibility index (Phi) is 5.94. The predicted molar refractivity (Wildman–Crippen MR) is 132 cm³/mol. The van der Waals surface area contributed by atoms with E-state index in [-0.39, 0.29) is 22.9 Å². The van der Waals surface area contributed by atoms with Gasteiger partial charge in [0.05, 0.1) is 5.41 Å². The van der Waals surface area contributed by atoms with E-state index < -0.39 is 17.0 Å². The normalized spacial score (nSPS) is 34.1. The van der Waals surface area contributed by atoms with Crippen molar-refractivity contribution in [2.24, 2.45) is 34.0 Å². The number of ether oxygens (including phenoxy) is 2. The first-order valence-corrected chi connectivity index (χ1v) is 12.7. The molecule has 3 saturated carbocycles. The number of carbonyl (C=O) groups excluding carboxylic acids is 2. The maximum atomic E-state index is 12.9. The molecule has 0 radical (unpaired) electrons. The number of esters is 2. The molecule has 1 spiro atoms. The minimum atomic E-state index is -0.672. The molecule has 0 heterocycles. The minimum absolute atomic E-state index is 0.103. The Labute approximate surface area is 203 Å². The quantitative estimate of drug-likeness (QED) is 0.309. The van der Waals surface area contributed by atoms with Crippen LogP contribution >= 0.6 is 0 Å². The Balaban J connectivity index is 1.44. The van der Waals surface area contributed by atoms with Crippen molar-refractivity contribution in [2.75, 3.05) is 0 Å². The van der Waals surface area contributed by atoms with Crippen LogP contribution in [0.1, 0.15) is 86.1 Å². The van der Waals surface area contributed by atoms with E-state index in [0.717, 1.165) is 25.2 Å². The van der Waals surface area contributed by atoms with Crippen molar-refractivity contribution < 1.29 is 24.2 Å². The smallest absolute Gasteiger partial charge is 0.331 e. The van der Waals surface area contributed by atoms with Gasteiger partial charge in [0.15, 0.2) is 11.5 Å². The lowest BCUT2D eigenvalue weighted by atomic mass is 9.64. The zero-order valence-corrected chi connectivity index (χ0v) is 21.7. The number of benzene rings is 1. The molecule has 186 valence electrons. The third-order valence-electron chi connectivity index (χ3n) is 9.31. The highest BCUT2D eigenvalue weighted by Gasteiger charge is 2.68. The van der Waals surface area contributed by atoms with Gasteiger partial charge in [-0.15, -0.1) is 0 Å². The molecule has 5 heteroatoms. The Bertz CT molecular complexity index is 1020. The third kappa shape index (κ3) is 4.05. The van der Waals surface area contributed by atoms with Crippen LogP contribution in [0.5, 0.6) is 11.5 Å². The van der Waals surface area contributed by atoms with Gasteiger partial charge in [-0.05, 0) is 106 Å². The summed E-state index contributed by atoms with van der Waals surface area (Å²) < 4.78 is 11.4. The fourth-order valence-corrected chi connectivity index (χ4v) is 7.39. The van der Waals surface area contributed by atoms with Gasteiger partial charge >= 0.3 is 11.9 Å². The Morgan fingerprint density at radius 2 is 1.79 bits per heavy atom. The first-order chi connectivity index (χ1) is 15.7. The summed E-state index contributed by atoms with van der Waals surface area (Å²) >= 11 is 0. The molecule has 34 heavy (non-hydrogen) atoms. The van der Waals surface area contributed by atoms with Crippen LogP contribution in [0.2, 0.25) is 0 Å². The molecule has 2 bridgehead atoms. The summed E-state index contributed by atoms with van der Waals surface area (Å²) in [6, 6.07) is 4.71. The molecule has 5 atom stereocenters. The molecule has 1 aromatic carbocycles. The fraction of sp³-hybridized carbons (Fsp3) is 0.655. The van der Waals surface area contributed by atoms with Crippen LogP contribution in [0.4, 0.5) is 0 Å². The largest absolute Gasteiger partial charge is 0.504 e. The number of phenols is 1. The van der Waals surface area contributed by atoms with Crippen molar-refractivity contribution >= 4 is 18.0 Å². The van der Waals surface area contributed by atoms with Crippen LogP contribution in [0.3, 0.4) is 0 Å². The Morgan fingerprint density at radius 3 is 2.44 bits per heavy atom. The summed E-state index contributed by atoms with van der Waals surface area (Å²) in [4.78, 5) is 24.9. The maximum absolute atomic E-state index is 12.9. The molecule has 0 aromatic heterocycles. The van der Waals surface area contributed by atoms with E-state index in [1.54, 1.807) is 32.9 Å². The Morgan fingerprint density at radius 1 is 1.09 bits per heavy atom. The van der Waals surface area contributed by atoms with Crippen LogP contribution in [-0.2, 0) is 14.3 Å². The van der Waals surface area contributed by atoms with E-state index in [1.807, 2.05) is 0 Å². The van der Waals surface area contributed by atoms with Crippen LogP contribution < -0.4 is 4.74 Å². The van der Waals surface area contributed by atoms with E-state index in [4.69, 9.17) is 9.47 Å². The fourth-order valence-electron chi connectivity index (χ4n) is 7.39. The van der Waals surface area contributed by atoms with Crippen molar-refractivity contribution in [3.05, 3.63) is 29.8 Å². The number of hydrogen-bond acceptors (Lipinski definition) is 5. The lowest BCUT2D eigenvalue weighted by molar-refractivity contribution is -0.167. The molecule has 0 aliphatic heterocycles. The SMILES string of the molecule is CC1CCC2C(C)(C)C3CC12CCC3(C)OC(=O)C=Cc1ccc(OC(=O)C(C)(C)C)c(O)c1. The van der Waals surface area contributed by atoms with Crippen LogP contribution in [-0.4, -0.2) is 22.6 Å². The van der Waals surface area contributed by atoms with Gasteiger partial charge in [0.1, 0.15) is 5.60 Å². The van der Waals surface area contributed by atoms with Gasteiger partial charge in [-0.1, -0.05) is 26.8 Å². The number of rotatable bonds is 4. The molecular formula is C29H40O5. The second-order valence-corrected chi connectivity index (χ2v) is 12.8. The summed E-state index contributed by atoms with van der Waals surface area (Å²) in [6.07, 6.45) is 8.87. The molecule has 5 nitrogen and oxygen atoms in total. The molecule has 1 N–H and O–H groups in total. The maximum Gasteiger partial charge on any atom is 0.331 e. The van der Waals surface area contributed by atoms with E-state index in [1.165, 1.54) is 31.1 Å². The van der Waals surface area contributed by atoms with E-state index >= 15 is 0 Å². The van der Waals surface area contributed by atoms with Crippen LogP contribution in [0, 0.1) is 34.0 Å². The molecule has 3 aliphatic rings. The number of fused-ring (bicyclic) bond motifs is 1. The molecular weight excluding hydrogens is 428 g/mol. The number of phenolic OH excluding ortho intramolecular Hbond substituents is 1. The molecule has 5 unspecified atom stereocenters. The van der Waals surface area contributed by atoms with E-state index in [0.29, 0.717) is 22.8 Å². The van der Waals surface area contributed by atoms with Gasteiger partial charge in [-0.3, -0.25) is 4.79 Å². The molecule has 1 aromatic rings. The molecule has 4 rings (SSSR count). The van der Waals surface area contributed by atoms with Crippen molar-refractivity contribution in [2.45, 2.75) is 86.2 Å². The average Bonchev–Trinajstić information content (AvgIpc) is 3.16. The standard InChI is InChI=1S/C29H40O5/c1-18-8-12-22-27(5,6)23-17-29(18,22)15-14-28(23,7)34-24(31)13-10-19-9-11-21(20(30)16-19)33-25(32)26(2,3)4/h9-11,13,16,18,22-23,30H,8,12,14-15,17H2,1-7H3. The second-order valence-electron chi connectivity index (χ2n) is 12.8. The lowest BCUT2D eigenvalue weighted by Gasteiger charge is -2.46. The highest BCUT2D eigenvalue weighted by molar-refractivity contribution is 5.87. The molecule has 3 fully saturated rings. The Hall–Kier alpha value is -2.30. The van der Waals surface area contributed by atoms with Gasteiger partial charge < -0.3 is 14.6 Å². The van der Waals surface area contributed by atoms with Crippen molar-refractivity contribution in [1.29, 1.82) is 0 Å². The second kappa shape index (κ2) is 8.13. The van der Waals surface area contributed by atoms with Gasteiger partial charge in [0.2, 0.25) is 0 Å². The lowest BCUT2D eigenvalue weighted by Crippen LogP contribution is -2.47. The summed E-state index contributed by atoms with van der Waals surface area (Å²) in [5.74, 6) is 0.995. The molecule has 0 amide bonds. The summed E-state index contributed by atoms with van der Waals surface area (Å²) in [5.41, 5.74) is 0.0710. The zero-order valence-electron chi connectivity index (χ0n) is 21.7. The van der Waals surface area contributed by atoms with Gasteiger partial charge in [0.25, 0.3) is 0 Å². The highest BCUT2D eigenvalue weighted by atomic mass is 16.6. The molecule has 0 saturated heterocycles. The van der Waals surface area contributed by atoms with Crippen LogP contribution in [0.15, 0.2) is 24.3 Å². The van der Waals surface area contributed by atoms with Crippen molar-refractivity contribution in [1.82, 2.24) is 0 Å². The zero-order chi connectivity index (χ0) is 25.1. The summed E-state index contributed by atoms with van der Waals surface area (Å²) in [5, 5.41) is 10.3. The predicted octanol–water partition coefficient (Wildman–Crippen LogP) is 6.53. The molecule has 3 aliphatic carbocycles. The third-order valence-corrected chi connectivity index (χ3v) is 9.31. The summed E-state index contributed by atoms with van der Waals surface area (Å²) in [7, 11) is 0. The van der Waals surface area contributed by atoms with E-state index in [2.05, 4.69) is 27.7 Å². The van der Waals surface area contributed by atoms with Crippen molar-refractivity contribution in [3.8, 4) is 11.5 Å². The van der Waals surface area contributed by atoms with Gasteiger partial charge in [-0.2, -0.15) is 0 Å². The summed E-state index contributed by atoms with van der Waals surface area (Å²) in [6.45, 7) is 14.6. The van der Waals surface area contributed by atoms with Crippen molar-refractivity contribution in [3.63, 3.8) is 0 Å². The average molecular weight is 469 g/mol.